The summed E-state index contributed by atoms with van der Waals surface area (Å²) in [5, 5.41) is 2.70. The Morgan fingerprint density at radius 2 is 1.97 bits per heavy atom. The van der Waals surface area contributed by atoms with Crippen molar-refractivity contribution in [2.24, 2.45) is 0 Å². The molecule has 1 aromatic heterocycles. The highest BCUT2D eigenvalue weighted by atomic mass is 16.6. The number of rotatable bonds is 7. The molecule has 3 heterocycles. The molecule has 1 aliphatic carbocycles. The number of amides is 2. The van der Waals surface area contributed by atoms with Crippen LogP contribution in [0.4, 0.5) is 4.79 Å². The molecule has 8 heteroatoms. The van der Waals surface area contributed by atoms with Gasteiger partial charge in [-0.1, -0.05) is 12.1 Å². The quantitative estimate of drug-likeness (QED) is 0.757. The first kappa shape index (κ1) is 18.8. The zero-order valence-electron chi connectivity index (χ0n) is 16.6. The number of aromatic nitrogens is 2. The van der Waals surface area contributed by atoms with Crippen LogP contribution >= 0.6 is 0 Å². The van der Waals surface area contributed by atoms with Crippen LogP contribution in [-0.2, 0) is 9.53 Å². The van der Waals surface area contributed by atoms with Crippen molar-refractivity contribution in [2.45, 2.75) is 43.6 Å². The Labute approximate surface area is 174 Å². The lowest BCUT2D eigenvalue weighted by Gasteiger charge is -2.39. The predicted molar refractivity (Wildman–Crippen MR) is 107 cm³/mol. The second-order valence-electron chi connectivity index (χ2n) is 8.18. The lowest BCUT2D eigenvalue weighted by molar-refractivity contribution is -0.135. The average molecular weight is 408 g/mol. The number of ether oxygens (including phenoxy) is 2. The van der Waals surface area contributed by atoms with Crippen molar-refractivity contribution in [3.05, 3.63) is 47.8 Å². The van der Waals surface area contributed by atoms with Crippen LogP contribution in [0.5, 0.6) is 11.8 Å². The molecule has 2 amide bonds. The van der Waals surface area contributed by atoms with E-state index < -0.39 is 6.09 Å². The van der Waals surface area contributed by atoms with Crippen LogP contribution in [0.1, 0.15) is 48.8 Å². The van der Waals surface area contributed by atoms with Gasteiger partial charge in [-0.05, 0) is 43.0 Å². The van der Waals surface area contributed by atoms with E-state index in [9.17, 15) is 9.59 Å². The maximum atomic E-state index is 12.3. The van der Waals surface area contributed by atoms with Gasteiger partial charge in [0, 0.05) is 37.5 Å². The van der Waals surface area contributed by atoms with Crippen molar-refractivity contribution in [1.82, 2.24) is 20.2 Å². The number of hydrogen-bond acceptors (Lipinski definition) is 6. The standard InChI is InChI=1S/C22H24N4O4/c27-20(8-5-17-13-29-22(28)24-17)26-11-16(12-26)14-3-6-18(7-4-14)30-21-23-10-9-19(25-21)15-1-2-15/h3-4,6-7,9-10,15-17H,1-2,5,8,11-13H2,(H,24,28). The highest BCUT2D eigenvalue weighted by molar-refractivity contribution is 5.77. The second kappa shape index (κ2) is 7.93. The molecule has 0 spiro atoms. The minimum atomic E-state index is -0.397. The minimum absolute atomic E-state index is 0.0555. The highest BCUT2D eigenvalue weighted by Gasteiger charge is 2.32. The molecule has 1 atom stereocenters. The first-order chi connectivity index (χ1) is 14.6. The summed E-state index contributed by atoms with van der Waals surface area (Å²) < 4.78 is 10.7. The van der Waals surface area contributed by atoms with Crippen LogP contribution in [0.2, 0.25) is 0 Å². The van der Waals surface area contributed by atoms with Crippen molar-refractivity contribution >= 4 is 12.0 Å². The van der Waals surface area contributed by atoms with Crippen molar-refractivity contribution in [1.29, 1.82) is 0 Å². The summed E-state index contributed by atoms with van der Waals surface area (Å²) in [5.74, 6) is 1.74. The van der Waals surface area contributed by atoms with E-state index >= 15 is 0 Å². The smallest absolute Gasteiger partial charge is 0.407 e. The molecule has 8 nitrogen and oxygen atoms in total. The third-order valence-corrected chi connectivity index (χ3v) is 5.89. The maximum Gasteiger partial charge on any atom is 0.407 e. The number of likely N-dealkylation sites (tertiary alicyclic amines) is 1. The fraction of sp³-hybridized carbons (Fsp3) is 0.455. The Morgan fingerprint density at radius 3 is 2.67 bits per heavy atom. The Kier molecular flexibility index (Phi) is 4.98. The summed E-state index contributed by atoms with van der Waals surface area (Å²) in [6.07, 6.45) is 4.77. The zero-order chi connectivity index (χ0) is 20.5. The van der Waals surface area contributed by atoms with E-state index in [1.807, 2.05) is 35.2 Å². The maximum absolute atomic E-state index is 12.3. The first-order valence-corrected chi connectivity index (χ1v) is 10.5. The Balaban J connectivity index is 1.09. The molecule has 2 aromatic rings. The first-order valence-electron chi connectivity index (χ1n) is 10.5. The molecule has 156 valence electrons. The van der Waals surface area contributed by atoms with Crippen molar-refractivity contribution in [3.8, 4) is 11.8 Å². The van der Waals surface area contributed by atoms with Crippen molar-refractivity contribution in [2.75, 3.05) is 19.7 Å². The van der Waals surface area contributed by atoms with Crippen LogP contribution in [0.15, 0.2) is 36.5 Å². The molecule has 1 unspecified atom stereocenters. The minimum Gasteiger partial charge on any atom is -0.447 e. The van der Waals surface area contributed by atoms with Crippen LogP contribution < -0.4 is 10.1 Å². The van der Waals surface area contributed by atoms with Gasteiger partial charge in [0.15, 0.2) is 0 Å². The van der Waals surface area contributed by atoms with Crippen LogP contribution in [0.3, 0.4) is 0 Å². The lowest BCUT2D eigenvalue weighted by atomic mass is 9.91. The van der Waals surface area contributed by atoms with Gasteiger partial charge in [-0.15, -0.1) is 0 Å². The normalized spacial score (nSPS) is 21.0. The van der Waals surface area contributed by atoms with Gasteiger partial charge in [0.05, 0.1) is 11.7 Å². The number of cyclic esters (lactones) is 1. The summed E-state index contributed by atoms with van der Waals surface area (Å²) in [4.78, 5) is 33.9. The van der Waals surface area contributed by atoms with E-state index in [-0.39, 0.29) is 11.9 Å². The van der Waals surface area contributed by atoms with E-state index in [0.717, 1.165) is 18.8 Å². The molecule has 1 saturated carbocycles. The topological polar surface area (TPSA) is 93.7 Å². The van der Waals surface area contributed by atoms with E-state index in [1.54, 1.807) is 6.20 Å². The Morgan fingerprint density at radius 1 is 1.17 bits per heavy atom. The molecule has 30 heavy (non-hydrogen) atoms. The Bertz CT molecular complexity index is 938. The molecule has 2 saturated heterocycles. The summed E-state index contributed by atoms with van der Waals surface area (Å²) in [7, 11) is 0. The van der Waals surface area contributed by atoms with Crippen LogP contribution in [-0.4, -0.2) is 52.6 Å². The predicted octanol–water partition coefficient (Wildman–Crippen LogP) is 2.96. The Hall–Kier alpha value is -3.16. The summed E-state index contributed by atoms with van der Waals surface area (Å²) in [6.45, 7) is 1.79. The fourth-order valence-corrected chi connectivity index (χ4v) is 3.85. The van der Waals surface area contributed by atoms with E-state index in [0.29, 0.717) is 43.0 Å². The van der Waals surface area contributed by atoms with Gasteiger partial charge in [0.25, 0.3) is 0 Å². The third kappa shape index (κ3) is 4.22. The van der Waals surface area contributed by atoms with Gasteiger partial charge >= 0.3 is 12.1 Å². The van der Waals surface area contributed by atoms with Crippen LogP contribution in [0.25, 0.3) is 0 Å². The summed E-state index contributed by atoms with van der Waals surface area (Å²) >= 11 is 0. The largest absolute Gasteiger partial charge is 0.447 e. The SMILES string of the molecule is O=C1NC(CCC(=O)N2CC(c3ccc(Oc4nccc(C5CC5)n4)cc3)C2)CO1. The van der Waals surface area contributed by atoms with E-state index in [4.69, 9.17) is 9.47 Å². The molecule has 3 aliphatic rings. The molecular formula is C22H24N4O4. The molecule has 1 N–H and O–H groups in total. The molecule has 1 aromatic carbocycles. The van der Waals surface area contributed by atoms with E-state index in [2.05, 4.69) is 15.3 Å². The molecule has 5 rings (SSSR count). The van der Waals surface area contributed by atoms with Gasteiger partial charge in [-0.3, -0.25) is 4.79 Å². The lowest BCUT2D eigenvalue weighted by Crippen LogP contribution is -2.48. The number of nitrogens with one attached hydrogen (secondary N) is 1. The zero-order valence-corrected chi connectivity index (χ0v) is 16.6. The molecular weight excluding hydrogens is 384 g/mol. The van der Waals surface area contributed by atoms with Gasteiger partial charge in [-0.2, -0.15) is 4.98 Å². The average Bonchev–Trinajstić information content (AvgIpc) is 3.49. The second-order valence-corrected chi connectivity index (χ2v) is 8.18. The number of carbonyl (C=O) groups is 2. The number of hydrogen-bond donors (Lipinski definition) is 1. The molecule has 2 aliphatic heterocycles. The molecule has 0 radical (unpaired) electrons. The van der Waals surface area contributed by atoms with Gasteiger partial charge in [-0.25, -0.2) is 9.78 Å². The van der Waals surface area contributed by atoms with Crippen molar-refractivity contribution < 1.29 is 19.1 Å². The number of alkyl carbamates (subject to hydrolysis) is 1. The summed E-state index contributed by atoms with van der Waals surface area (Å²) in [5.41, 5.74) is 2.24. The number of nitrogens with zero attached hydrogens (tertiary/aromatic N) is 3. The molecule has 0 bridgehead atoms. The van der Waals surface area contributed by atoms with Gasteiger partial charge < -0.3 is 19.7 Å². The van der Waals surface area contributed by atoms with E-state index in [1.165, 1.54) is 18.4 Å². The summed E-state index contributed by atoms with van der Waals surface area (Å²) in [6, 6.07) is 10.2. The number of carbonyl (C=O) groups excluding carboxylic acids is 2. The monoisotopic (exact) mass is 408 g/mol. The molecule has 3 fully saturated rings. The fourth-order valence-electron chi connectivity index (χ4n) is 3.85. The number of benzene rings is 1. The van der Waals surface area contributed by atoms with Gasteiger partial charge in [0.2, 0.25) is 5.91 Å². The van der Waals surface area contributed by atoms with Gasteiger partial charge in [0.1, 0.15) is 12.4 Å². The highest BCUT2D eigenvalue weighted by Crippen LogP contribution is 2.39. The van der Waals surface area contributed by atoms with Crippen molar-refractivity contribution in [3.63, 3.8) is 0 Å². The van der Waals surface area contributed by atoms with Crippen LogP contribution in [0, 0.1) is 0 Å². The third-order valence-electron chi connectivity index (χ3n) is 5.89.